The molecule has 1 fully saturated rings. The molecule has 1 atom stereocenters. The fourth-order valence-corrected chi connectivity index (χ4v) is 3.17. The van der Waals surface area contributed by atoms with Crippen molar-refractivity contribution in [2.45, 2.75) is 32.4 Å². The van der Waals surface area contributed by atoms with E-state index in [0.29, 0.717) is 11.7 Å². The van der Waals surface area contributed by atoms with E-state index in [1.807, 2.05) is 0 Å². The van der Waals surface area contributed by atoms with E-state index in [4.69, 9.17) is 5.21 Å². The fraction of sp³-hybridized carbons (Fsp3) is 0.350. The van der Waals surface area contributed by atoms with E-state index in [1.54, 1.807) is 12.4 Å². The summed E-state index contributed by atoms with van der Waals surface area (Å²) >= 11 is 0. The predicted molar refractivity (Wildman–Crippen MR) is 119 cm³/mol. The summed E-state index contributed by atoms with van der Waals surface area (Å²) in [6.07, 6.45) is 8.19. The molecule has 0 bridgehead atoms. The third-order valence-electron chi connectivity index (χ3n) is 4.57. The van der Waals surface area contributed by atoms with Crippen molar-refractivity contribution in [1.29, 1.82) is 0 Å². The average molecular weight is 440 g/mol. The van der Waals surface area contributed by atoms with Gasteiger partial charge in [-0.3, -0.25) is 19.9 Å². The number of carbonyl (C=O) groups is 1. The SMILES string of the molecule is Cc1ccc(CN2CCC[C@@H](Nc3cnc(/C=C/C(=O)NO)cn3)C2)cc1.Cl.Cl. The molecular formula is C20H27Cl2N5O2. The van der Waals surface area contributed by atoms with E-state index < -0.39 is 5.91 Å². The van der Waals surface area contributed by atoms with E-state index in [-0.39, 0.29) is 24.8 Å². The molecule has 3 N–H and O–H groups in total. The second-order valence-corrected chi connectivity index (χ2v) is 6.84. The predicted octanol–water partition coefficient (Wildman–Crippen LogP) is 3.22. The van der Waals surface area contributed by atoms with Crippen LogP contribution in [0.2, 0.25) is 0 Å². The van der Waals surface area contributed by atoms with Crippen molar-refractivity contribution in [1.82, 2.24) is 20.3 Å². The molecule has 0 radical (unpaired) electrons. The number of hydrogen-bond acceptors (Lipinski definition) is 6. The van der Waals surface area contributed by atoms with Crippen LogP contribution >= 0.6 is 24.8 Å². The number of rotatable bonds is 6. The summed E-state index contributed by atoms with van der Waals surface area (Å²) < 4.78 is 0. The average Bonchev–Trinajstić information content (AvgIpc) is 2.69. The number of halogens is 2. The summed E-state index contributed by atoms with van der Waals surface area (Å²) in [4.78, 5) is 22.1. The molecule has 29 heavy (non-hydrogen) atoms. The number of nitrogens with one attached hydrogen (secondary N) is 2. The molecule has 1 amide bonds. The van der Waals surface area contributed by atoms with Gasteiger partial charge in [0.2, 0.25) is 0 Å². The second kappa shape index (κ2) is 12.4. The van der Waals surface area contributed by atoms with Gasteiger partial charge in [0.1, 0.15) is 5.82 Å². The Labute approximate surface area is 183 Å². The van der Waals surface area contributed by atoms with Crippen LogP contribution in [-0.4, -0.2) is 45.1 Å². The smallest absolute Gasteiger partial charge is 0.267 e. The van der Waals surface area contributed by atoms with Crippen LogP contribution < -0.4 is 10.8 Å². The van der Waals surface area contributed by atoms with Crippen LogP contribution in [0, 0.1) is 6.92 Å². The highest BCUT2D eigenvalue weighted by molar-refractivity contribution is 5.90. The van der Waals surface area contributed by atoms with Gasteiger partial charge in [-0.1, -0.05) is 29.8 Å². The number of hydroxylamine groups is 1. The lowest BCUT2D eigenvalue weighted by molar-refractivity contribution is -0.124. The number of benzene rings is 1. The molecule has 0 unspecified atom stereocenters. The molecule has 1 aromatic heterocycles. The van der Waals surface area contributed by atoms with Gasteiger partial charge in [0.05, 0.1) is 18.1 Å². The number of amides is 1. The van der Waals surface area contributed by atoms with E-state index in [2.05, 4.69) is 51.4 Å². The maximum atomic E-state index is 11.0. The largest absolute Gasteiger partial charge is 0.365 e. The number of aryl methyl sites for hydroxylation is 1. The maximum absolute atomic E-state index is 11.0. The van der Waals surface area contributed by atoms with Crippen molar-refractivity contribution >= 4 is 42.6 Å². The lowest BCUT2D eigenvalue weighted by atomic mass is 10.0. The summed E-state index contributed by atoms with van der Waals surface area (Å²) in [5.41, 5.74) is 4.70. The molecule has 7 nitrogen and oxygen atoms in total. The van der Waals surface area contributed by atoms with Crippen LogP contribution in [0.15, 0.2) is 42.7 Å². The van der Waals surface area contributed by atoms with Gasteiger partial charge in [0, 0.05) is 25.2 Å². The number of anilines is 1. The summed E-state index contributed by atoms with van der Waals surface area (Å²) in [5, 5.41) is 11.9. The van der Waals surface area contributed by atoms with Gasteiger partial charge >= 0.3 is 0 Å². The minimum atomic E-state index is -0.602. The fourth-order valence-electron chi connectivity index (χ4n) is 3.17. The normalized spacial score (nSPS) is 16.6. The van der Waals surface area contributed by atoms with Gasteiger partial charge in [-0.2, -0.15) is 0 Å². The number of carbonyl (C=O) groups excluding carboxylic acids is 1. The molecule has 0 saturated carbocycles. The number of likely N-dealkylation sites (tertiary alicyclic amines) is 1. The van der Waals surface area contributed by atoms with Gasteiger partial charge in [0.15, 0.2) is 0 Å². The van der Waals surface area contributed by atoms with Crippen molar-refractivity contribution in [3.8, 4) is 0 Å². The zero-order chi connectivity index (χ0) is 19.1. The molecule has 0 spiro atoms. The summed E-state index contributed by atoms with van der Waals surface area (Å²) in [5.74, 6) is 0.121. The number of hydrogen-bond donors (Lipinski definition) is 3. The zero-order valence-electron chi connectivity index (χ0n) is 16.2. The third-order valence-corrected chi connectivity index (χ3v) is 4.57. The zero-order valence-corrected chi connectivity index (χ0v) is 17.9. The number of aromatic nitrogens is 2. The van der Waals surface area contributed by atoms with Crippen molar-refractivity contribution in [2.24, 2.45) is 0 Å². The second-order valence-electron chi connectivity index (χ2n) is 6.84. The Morgan fingerprint density at radius 2 is 2.00 bits per heavy atom. The van der Waals surface area contributed by atoms with E-state index in [1.165, 1.54) is 28.8 Å². The molecule has 1 saturated heterocycles. The van der Waals surface area contributed by atoms with Crippen LogP contribution in [-0.2, 0) is 11.3 Å². The molecule has 9 heteroatoms. The van der Waals surface area contributed by atoms with Gasteiger partial charge in [0.25, 0.3) is 5.91 Å². The standard InChI is InChI=1S/C20H25N5O2.2ClH/c1-15-4-6-16(7-5-15)13-25-10-2-3-18(14-25)23-19-12-21-17(11-22-19)8-9-20(26)24-27;;/h4-9,11-12,18,27H,2-3,10,13-14H2,1H3,(H,22,23)(H,24,26);2*1H/b9-8+;;/t18-;;/m1../s1. The Bertz CT molecular complexity index is 784. The van der Waals surface area contributed by atoms with Gasteiger partial charge < -0.3 is 5.32 Å². The maximum Gasteiger partial charge on any atom is 0.267 e. The number of piperidine rings is 1. The summed E-state index contributed by atoms with van der Waals surface area (Å²) in [6.45, 7) is 5.14. The Hall–Kier alpha value is -2.19. The van der Waals surface area contributed by atoms with Gasteiger partial charge in [-0.25, -0.2) is 10.5 Å². The highest BCUT2D eigenvalue weighted by Crippen LogP contribution is 2.17. The van der Waals surface area contributed by atoms with Crippen molar-refractivity contribution in [2.75, 3.05) is 18.4 Å². The molecule has 1 aromatic carbocycles. The first-order valence-corrected chi connectivity index (χ1v) is 9.11. The van der Waals surface area contributed by atoms with Crippen LogP contribution in [0.3, 0.4) is 0 Å². The van der Waals surface area contributed by atoms with Crippen molar-refractivity contribution in [3.05, 3.63) is 59.6 Å². The van der Waals surface area contributed by atoms with Crippen LogP contribution in [0.1, 0.15) is 29.7 Å². The Morgan fingerprint density at radius 3 is 2.66 bits per heavy atom. The molecule has 2 aromatic rings. The molecule has 0 aliphatic carbocycles. The Morgan fingerprint density at radius 1 is 1.24 bits per heavy atom. The molecule has 1 aliphatic rings. The first-order valence-electron chi connectivity index (χ1n) is 9.11. The monoisotopic (exact) mass is 439 g/mol. The molecular weight excluding hydrogens is 413 g/mol. The first-order chi connectivity index (χ1) is 13.1. The molecule has 158 valence electrons. The lowest BCUT2D eigenvalue weighted by Crippen LogP contribution is -2.41. The minimum Gasteiger partial charge on any atom is -0.365 e. The molecule has 1 aliphatic heterocycles. The lowest BCUT2D eigenvalue weighted by Gasteiger charge is -2.33. The summed E-state index contributed by atoms with van der Waals surface area (Å²) in [6, 6.07) is 9.04. The third kappa shape index (κ3) is 7.98. The van der Waals surface area contributed by atoms with E-state index >= 15 is 0 Å². The van der Waals surface area contributed by atoms with Crippen LogP contribution in [0.25, 0.3) is 6.08 Å². The first kappa shape index (κ1) is 24.8. The van der Waals surface area contributed by atoms with Crippen LogP contribution in [0.4, 0.5) is 5.82 Å². The number of nitrogens with zero attached hydrogens (tertiary/aromatic N) is 3. The topological polar surface area (TPSA) is 90.4 Å². The molecule has 2 heterocycles. The van der Waals surface area contributed by atoms with E-state index in [0.717, 1.165) is 38.3 Å². The molecule has 3 rings (SSSR count). The Kier molecular flexibility index (Phi) is 10.6. The van der Waals surface area contributed by atoms with Crippen molar-refractivity contribution < 1.29 is 10.0 Å². The van der Waals surface area contributed by atoms with Gasteiger partial charge in [-0.15, -0.1) is 24.8 Å². The quantitative estimate of drug-likeness (QED) is 0.363. The highest BCUT2D eigenvalue weighted by Gasteiger charge is 2.20. The summed E-state index contributed by atoms with van der Waals surface area (Å²) in [7, 11) is 0. The van der Waals surface area contributed by atoms with Crippen molar-refractivity contribution in [3.63, 3.8) is 0 Å². The van der Waals surface area contributed by atoms with Crippen LogP contribution in [0.5, 0.6) is 0 Å². The Balaban J connectivity index is 0.00000210. The minimum absolute atomic E-state index is 0. The highest BCUT2D eigenvalue weighted by atomic mass is 35.5. The van der Waals surface area contributed by atoms with Gasteiger partial charge in [-0.05, 0) is 37.9 Å². The van der Waals surface area contributed by atoms with E-state index in [9.17, 15) is 4.79 Å².